The van der Waals surface area contributed by atoms with Crippen LogP contribution in [0, 0.1) is 0 Å². The Labute approximate surface area is 118 Å². The van der Waals surface area contributed by atoms with Crippen LogP contribution in [-0.4, -0.2) is 23.4 Å². The highest BCUT2D eigenvalue weighted by Crippen LogP contribution is 2.25. The Balaban J connectivity index is 2.83. The molecule has 0 aliphatic heterocycles. The van der Waals surface area contributed by atoms with Gasteiger partial charge in [0.2, 0.25) is 0 Å². The summed E-state index contributed by atoms with van der Waals surface area (Å²) in [6.45, 7) is 6.79. The van der Waals surface area contributed by atoms with Gasteiger partial charge in [0.15, 0.2) is 5.78 Å². The van der Waals surface area contributed by atoms with Crippen LogP contribution in [0.3, 0.4) is 0 Å². The molecule has 1 rings (SSSR count). The van der Waals surface area contributed by atoms with Gasteiger partial charge < -0.3 is 4.74 Å². The van der Waals surface area contributed by atoms with Gasteiger partial charge in [0.1, 0.15) is 5.75 Å². The minimum atomic E-state index is 0.0716. The fourth-order valence-electron chi connectivity index (χ4n) is 1.38. The van der Waals surface area contributed by atoms with Crippen LogP contribution < -0.4 is 4.74 Å². The fourth-order valence-corrected chi connectivity index (χ4v) is 2.19. The first kappa shape index (κ1) is 15.4. The summed E-state index contributed by atoms with van der Waals surface area (Å²) < 4.78 is 5.58. The van der Waals surface area contributed by atoms with Crippen LogP contribution >= 0.6 is 23.4 Å². The van der Waals surface area contributed by atoms with Gasteiger partial charge in [-0.25, -0.2) is 0 Å². The first-order valence-corrected chi connectivity index (χ1v) is 7.54. The second kappa shape index (κ2) is 7.70. The molecule has 0 spiro atoms. The quantitative estimate of drug-likeness (QED) is 0.693. The van der Waals surface area contributed by atoms with E-state index in [0.717, 1.165) is 6.42 Å². The van der Waals surface area contributed by atoms with Crippen molar-refractivity contribution in [2.45, 2.75) is 32.4 Å². The molecule has 0 aliphatic carbocycles. The van der Waals surface area contributed by atoms with Crippen LogP contribution in [0.1, 0.15) is 37.6 Å². The maximum absolute atomic E-state index is 12.1. The van der Waals surface area contributed by atoms with E-state index in [1.165, 1.54) is 0 Å². The predicted molar refractivity (Wildman–Crippen MR) is 79.2 cm³/mol. The van der Waals surface area contributed by atoms with Gasteiger partial charge in [0, 0.05) is 5.02 Å². The van der Waals surface area contributed by atoms with E-state index in [1.54, 1.807) is 30.0 Å². The molecule has 0 radical (unpaired) electrons. The van der Waals surface area contributed by atoms with E-state index in [4.69, 9.17) is 16.3 Å². The van der Waals surface area contributed by atoms with Gasteiger partial charge in [-0.3, -0.25) is 4.79 Å². The van der Waals surface area contributed by atoms with Crippen molar-refractivity contribution < 1.29 is 9.53 Å². The number of rotatable bonds is 7. The predicted octanol–water partition coefficient (Wildman–Crippen LogP) is 4.45. The zero-order valence-corrected chi connectivity index (χ0v) is 12.6. The van der Waals surface area contributed by atoms with Crippen molar-refractivity contribution in [3.05, 3.63) is 28.8 Å². The number of halogens is 1. The summed E-state index contributed by atoms with van der Waals surface area (Å²) in [5, 5.41) is 1.00. The van der Waals surface area contributed by atoms with Gasteiger partial charge in [0.25, 0.3) is 0 Å². The Bertz CT molecular complexity index is 405. The molecule has 2 nitrogen and oxygen atoms in total. The third kappa shape index (κ3) is 4.91. The Kier molecular flexibility index (Phi) is 6.58. The van der Waals surface area contributed by atoms with Gasteiger partial charge in [-0.2, -0.15) is 11.8 Å². The number of thioether (sulfide) groups is 1. The molecule has 0 aliphatic rings. The molecule has 18 heavy (non-hydrogen) atoms. The van der Waals surface area contributed by atoms with Crippen molar-refractivity contribution in [2.75, 3.05) is 12.4 Å². The maximum Gasteiger partial charge on any atom is 0.176 e. The van der Waals surface area contributed by atoms with Gasteiger partial charge >= 0.3 is 0 Å². The molecule has 1 aromatic carbocycles. The van der Waals surface area contributed by atoms with E-state index in [2.05, 4.69) is 13.8 Å². The largest absolute Gasteiger partial charge is 0.493 e. The molecule has 0 saturated carbocycles. The summed E-state index contributed by atoms with van der Waals surface area (Å²) in [4.78, 5) is 12.1. The minimum absolute atomic E-state index is 0.0716. The van der Waals surface area contributed by atoms with Crippen LogP contribution in [0.4, 0.5) is 0 Å². The van der Waals surface area contributed by atoms with Crippen LogP contribution in [0.5, 0.6) is 5.75 Å². The van der Waals surface area contributed by atoms with Crippen LogP contribution in [0.2, 0.25) is 5.02 Å². The molecule has 0 N–H and O–H groups in total. The van der Waals surface area contributed by atoms with E-state index >= 15 is 0 Å². The van der Waals surface area contributed by atoms with Crippen LogP contribution in [0.15, 0.2) is 18.2 Å². The van der Waals surface area contributed by atoms with Crippen LogP contribution in [0.25, 0.3) is 0 Å². The summed E-state index contributed by atoms with van der Waals surface area (Å²) in [5.41, 5.74) is 0.587. The third-order valence-electron chi connectivity index (χ3n) is 2.25. The van der Waals surface area contributed by atoms with Gasteiger partial charge in [-0.15, -0.1) is 0 Å². The molecule has 0 heterocycles. The summed E-state index contributed by atoms with van der Waals surface area (Å²) in [7, 11) is 0. The Hall–Kier alpha value is -0.670. The number of benzene rings is 1. The minimum Gasteiger partial charge on any atom is -0.493 e. The van der Waals surface area contributed by atoms with Crippen molar-refractivity contribution in [1.82, 2.24) is 0 Å². The van der Waals surface area contributed by atoms with Gasteiger partial charge in [-0.1, -0.05) is 32.4 Å². The number of ketones is 1. The number of hydrogen-bond acceptors (Lipinski definition) is 3. The molecule has 0 amide bonds. The Morgan fingerprint density at radius 3 is 2.78 bits per heavy atom. The first-order chi connectivity index (χ1) is 8.54. The topological polar surface area (TPSA) is 26.3 Å². The highest BCUT2D eigenvalue weighted by Gasteiger charge is 2.14. The fraction of sp³-hybridized carbons (Fsp3) is 0.500. The Morgan fingerprint density at radius 2 is 2.17 bits per heavy atom. The normalized spacial score (nSPS) is 10.7. The summed E-state index contributed by atoms with van der Waals surface area (Å²) in [6, 6.07) is 5.21. The summed E-state index contributed by atoms with van der Waals surface area (Å²) in [5.74, 6) is 1.17. The van der Waals surface area contributed by atoms with E-state index in [0.29, 0.717) is 33.9 Å². The number of Topliss-reactive ketones (excluding diaryl/α,β-unsaturated/α-hetero) is 1. The second-order valence-electron chi connectivity index (χ2n) is 4.27. The van der Waals surface area contributed by atoms with Crippen molar-refractivity contribution in [3.63, 3.8) is 0 Å². The average Bonchev–Trinajstić information content (AvgIpc) is 2.34. The SMILES string of the molecule is CCCOc1ccc(Cl)cc1C(=O)CSC(C)C. The van der Waals surface area contributed by atoms with Crippen molar-refractivity contribution in [3.8, 4) is 5.75 Å². The molecular formula is C14H19ClO2S. The number of carbonyl (C=O) groups excluding carboxylic acids is 1. The monoisotopic (exact) mass is 286 g/mol. The zero-order chi connectivity index (χ0) is 13.5. The third-order valence-corrected chi connectivity index (χ3v) is 3.58. The van der Waals surface area contributed by atoms with E-state index in [1.807, 2.05) is 6.92 Å². The number of carbonyl (C=O) groups is 1. The molecule has 4 heteroatoms. The molecule has 0 unspecified atom stereocenters. The molecule has 1 aromatic rings. The lowest BCUT2D eigenvalue weighted by atomic mass is 10.1. The summed E-state index contributed by atoms with van der Waals surface area (Å²) in [6.07, 6.45) is 0.914. The standard InChI is InChI=1S/C14H19ClO2S/c1-4-7-17-14-6-5-11(15)8-12(14)13(16)9-18-10(2)3/h5-6,8,10H,4,7,9H2,1-3H3. The number of hydrogen-bond donors (Lipinski definition) is 0. The first-order valence-electron chi connectivity index (χ1n) is 6.11. The van der Waals surface area contributed by atoms with Gasteiger partial charge in [0.05, 0.1) is 17.9 Å². The molecule has 0 bridgehead atoms. The molecule has 0 atom stereocenters. The lowest BCUT2D eigenvalue weighted by Gasteiger charge is -2.11. The van der Waals surface area contributed by atoms with E-state index < -0.39 is 0 Å². The lowest BCUT2D eigenvalue weighted by Crippen LogP contribution is -2.08. The van der Waals surface area contributed by atoms with Gasteiger partial charge in [-0.05, 0) is 29.9 Å². The lowest BCUT2D eigenvalue weighted by molar-refractivity contribution is 0.101. The van der Waals surface area contributed by atoms with E-state index in [9.17, 15) is 4.79 Å². The molecule has 0 saturated heterocycles. The average molecular weight is 287 g/mol. The van der Waals surface area contributed by atoms with Crippen molar-refractivity contribution in [2.24, 2.45) is 0 Å². The molecule has 0 fully saturated rings. The highest BCUT2D eigenvalue weighted by atomic mass is 35.5. The number of ether oxygens (including phenoxy) is 1. The van der Waals surface area contributed by atoms with E-state index in [-0.39, 0.29) is 5.78 Å². The highest BCUT2D eigenvalue weighted by molar-refractivity contribution is 8.00. The second-order valence-corrected chi connectivity index (χ2v) is 6.27. The zero-order valence-electron chi connectivity index (χ0n) is 11.0. The van der Waals surface area contributed by atoms with Crippen molar-refractivity contribution in [1.29, 1.82) is 0 Å². The molecule has 0 aromatic heterocycles. The summed E-state index contributed by atoms with van der Waals surface area (Å²) >= 11 is 7.57. The molecular weight excluding hydrogens is 268 g/mol. The molecule has 100 valence electrons. The smallest absolute Gasteiger partial charge is 0.176 e. The van der Waals surface area contributed by atoms with Crippen LogP contribution in [-0.2, 0) is 0 Å². The Morgan fingerprint density at radius 1 is 1.44 bits per heavy atom. The maximum atomic E-state index is 12.1. The van der Waals surface area contributed by atoms with Crippen molar-refractivity contribution >= 4 is 29.1 Å².